The molecule has 2 heterocycles. The van der Waals surface area contributed by atoms with Crippen LogP contribution in [0.4, 0.5) is 0 Å². The van der Waals surface area contributed by atoms with Gasteiger partial charge in [0.2, 0.25) is 5.91 Å². The largest absolute Gasteiger partial charge is 0.375 e. The van der Waals surface area contributed by atoms with Crippen molar-refractivity contribution in [1.82, 2.24) is 5.32 Å². The molecule has 4 nitrogen and oxygen atoms in total. The van der Waals surface area contributed by atoms with Crippen molar-refractivity contribution in [3.8, 4) is 0 Å². The second-order valence-corrected chi connectivity index (χ2v) is 3.88. The third kappa shape index (κ3) is 1.69. The maximum absolute atomic E-state index is 10.9. The molecule has 0 aromatic carbocycles. The summed E-state index contributed by atoms with van der Waals surface area (Å²) in [6.45, 7) is 3.55. The lowest BCUT2D eigenvalue weighted by atomic mass is 9.95. The molecule has 0 aromatic heterocycles. The normalized spacial score (nSPS) is 40.4. The molecule has 2 unspecified atom stereocenters. The van der Waals surface area contributed by atoms with Crippen molar-refractivity contribution in [2.45, 2.75) is 31.5 Å². The average Bonchev–Trinajstić information content (AvgIpc) is 2.63. The first-order valence-corrected chi connectivity index (χ1v) is 4.73. The maximum Gasteiger partial charge on any atom is 0.246 e. The summed E-state index contributed by atoms with van der Waals surface area (Å²) >= 11 is 0. The summed E-state index contributed by atoms with van der Waals surface area (Å²) in [7, 11) is 0. The van der Waals surface area contributed by atoms with E-state index in [0.29, 0.717) is 6.54 Å². The minimum absolute atomic E-state index is 0.0320. The van der Waals surface area contributed by atoms with Crippen molar-refractivity contribution in [3.63, 3.8) is 0 Å². The number of morpholine rings is 1. The van der Waals surface area contributed by atoms with Gasteiger partial charge in [0.25, 0.3) is 0 Å². The Kier molecular flexibility index (Phi) is 2.26. The Labute approximate surface area is 77.6 Å². The Morgan fingerprint density at radius 2 is 2.46 bits per heavy atom. The Bertz CT molecular complexity index is 201. The van der Waals surface area contributed by atoms with Crippen molar-refractivity contribution in [2.24, 2.45) is 0 Å². The molecule has 2 aliphatic heterocycles. The van der Waals surface area contributed by atoms with Crippen LogP contribution < -0.4 is 5.32 Å². The fourth-order valence-electron chi connectivity index (χ4n) is 1.87. The van der Waals surface area contributed by atoms with Crippen LogP contribution in [0.15, 0.2) is 0 Å². The molecule has 0 aromatic rings. The first-order valence-electron chi connectivity index (χ1n) is 4.73. The van der Waals surface area contributed by atoms with Gasteiger partial charge in [0.15, 0.2) is 0 Å². The van der Waals surface area contributed by atoms with Crippen LogP contribution in [-0.4, -0.2) is 37.4 Å². The number of carbonyl (C=O) groups is 1. The van der Waals surface area contributed by atoms with Gasteiger partial charge in [-0.25, -0.2) is 0 Å². The molecule has 0 bridgehead atoms. The number of hydrogen-bond acceptors (Lipinski definition) is 3. The maximum atomic E-state index is 10.9. The summed E-state index contributed by atoms with van der Waals surface area (Å²) in [4.78, 5) is 10.9. The molecule has 4 heteroatoms. The SMILES string of the molecule is CC1(C2CCCO2)CNC(=O)CO1. The van der Waals surface area contributed by atoms with Crippen LogP contribution >= 0.6 is 0 Å². The van der Waals surface area contributed by atoms with Gasteiger partial charge >= 0.3 is 0 Å². The standard InChI is InChI=1S/C9H15NO3/c1-9(7-3-2-4-12-7)6-10-8(11)5-13-9/h7H,2-6H2,1H3,(H,10,11). The number of rotatable bonds is 1. The van der Waals surface area contributed by atoms with Gasteiger partial charge in [-0.2, -0.15) is 0 Å². The summed E-state index contributed by atoms with van der Waals surface area (Å²) in [5, 5.41) is 2.81. The lowest BCUT2D eigenvalue weighted by Crippen LogP contribution is -2.56. The summed E-state index contributed by atoms with van der Waals surface area (Å²) in [6.07, 6.45) is 2.28. The van der Waals surface area contributed by atoms with Gasteiger partial charge in [-0.05, 0) is 19.8 Å². The van der Waals surface area contributed by atoms with E-state index in [0.717, 1.165) is 19.4 Å². The third-order valence-corrected chi connectivity index (χ3v) is 2.78. The molecule has 0 spiro atoms. The van der Waals surface area contributed by atoms with E-state index in [1.165, 1.54) is 0 Å². The smallest absolute Gasteiger partial charge is 0.246 e. The fourth-order valence-corrected chi connectivity index (χ4v) is 1.87. The third-order valence-electron chi connectivity index (χ3n) is 2.78. The van der Waals surface area contributed by atoms with Crippen LogP contribution in [0.3, 0.4) is 0 Å². The minimum atomic E-state index is -0.315. The van der Waals surface area contributed by atoms with Crippen LogP contribution in [-0.2, 0) is 14.3 Å². The first kappa shape index (κ1) is 8.97. The molecule has 0 radical (unpaired) electrons. The van der Waals surface area contributed by atoms with Crippen LogP contribution in [0.1, 0.15) is 19.8 Å². The van der Waals surface area contributed by atoms with E-state index in [1.54, 1.807) is 0 Å². The molecule has 2 saturated heterocycles. The summed E-state index contributed by atoms with van der Waals surface area (Å²) in [5.74, 6) is -0.0320. The van der Waals surface area contributed by atoms with Crippen molar-refractivity contribution < 1.29 is 14.3 Å². The average molecular weight is 185 g/mol. The van der Waals surface area contributed by atoms with Crippen molar-refractivity contribution in [2.75, 3.05) is 19.8 Å². The monoisotopic (exact) mass is 185 g/mol. The molecule has 0 saturated carbocycles. The van der Waals surface area contributed by atoms with Crippen LogP contribution in [0.5, 0.6) is 0 Å². The zero-order valence-corrected chi connectivity index (χ0v) is 7.84. The number of nitrogens with one attached hydrogen (secondary N) is 1. The highest BCUT2D eigenvalue weighted by Crippen LogP contribution is 2.27. The molecule has 2 aliphatic rings. The highest BCUT2D eigenvalue weighted by molar-refractivity contribution is 5.78. The van der Waals surface area contributed by atoms with Gasteiger partial charge in [0.1, 0.15) is 12.2 Å². The predicted octanol–water partition coefficient (Wildman–Crippen LogP) is 0.0705. The van der Waals surface area contributed by atoms with Gasteiger partial charge < -0.3 is 14.8 Å². The Morgan fingerprint density at radius 1 is 1.62 bits per heavy atom. The van der Waals surface area contributed by atoms with E-state index in [1.807, 2.05) is 6.92 Å². The van der Waals surface area contributed by atoms with Crippen molar-refractivity contribution >= 4 is 5.91 Å². The van der Waals surface area contributed by atoms with Crippen LogP contribution in [0.2, 0.25) is 0 Å². The number of hydrogen-bond donors (Lipinski definition) is 1. The quantitative estimate of drug-likeness (QED) is 0.629. The second-order valence-electron chi connectivity index (χ2n) is 3.88. The molecule has 13 heavy (non-hydrogen) atoms. The predicted molar refractivity (Wildman–Crippen MR) is 46.3 cm³/mol. The van der Waals surface area contributed by atoms with Gasteiger partial charge in [-0.15, -0.1) is 0 Å². The first-order chi connectivity index (χ1) is 6.21. The van der Waals surface area contributed by atoms with Crippen molar-refractivity contribution in [3.05, 3.63) is 0 Å². The lowest BCUT2D eigenvalue weighted by molar-refractivity contribution is -0.159. The van der Waals surface area contributed by atoms with Gasteiger partial charge in [-0.3, -0.25) is 4.79 Å². The zero-order valence-electron chi connectivity index (χ0n) is 7.84. The minimum Gasteiger partial charge on any atom is -0.375 e. The molecule has 74 valence electrons. The van der Waals surface area contributed by atoms with Crippen molar-refractivity contribution in [1.29, 1.82) is 0 Å². The van der Waals surface area contributed by atoms with E-state index in [-0.39, 0.29) is 24.2 Å². The van der Waals surface area contributed by atoms with E-state index < -0.39 is 0 Å². The second kappa shape index (κ2) is 3.27. The Hall–Kier alpha value is -0.610. The topological polar surface area (TPSA) is 47.6 Å². The van der Waals surface area contributed by atoms with E-state index in [9.17, 15) is 4.79 Å². The van der Waals surface area contributed by atoms with E-state index in [2.05, 4.69) is 5.32 Å². The summed E-state index contributed by atoms with van der Waals surface area (Å²) in [6, 6.07) is 0. The number of ether oxygens (including phenoxy) is 2. The lowest BCUT2D eigenvalue weighted by Gasteiger charge is -2.37. The van der Waals surface area contributed by atoms with Gasteiger partial charge in [-0.1, -0.05) is 0 Å². The van der Waals surface area contributed by atoms with Gasteiger partial charge in [0, 0.05) is 13.2 Å². The Morgan fingerprint density at radius 3 is 3.00 bits per heavy atom. The molecule has 1 amide bonds. The molecule has 1 N–H and O–H groups in total. The summed E-state index contributed by atoms with van der Waals surface area (Å²) in [5.41, 5.74) is -0.315. The molecule has 2 rings (SSSR count). The van der Waals surface area contributed by atoms with Crippen LogP contribution in [0, 0.1) is 0 Å². The fraction of sp³-hybridized carbons (Fsp3) is 0.889. The summed E-state index contributed by atoms with van der Waals surface area (Å²) < 4.78 is 11.1. The molecular weight excluding hydrogens is 170 g/mol. The molecule has 2 fully saturated rings. The number of carbonyl (C=O) groups excluding carboxylic acids is 1. The highest BCUT2D eigenvalue weighted by Gasteiger charge is 2.41. The van der Waals surface area contributed by atoms with Crippen LogP contribution in [0.25, 0.3) is 0 Å². The Balaban J connectivity index is 1.98. The zero-order chi connectivity index (χ0) is 9.31. The van der Waals surface area contributed by atoms with E-state index in [4.69, 9.17) is 9.47 Å². The van der Waals surface area contributed by atoms with E-state index >= 15 is 0 Å². The van der Waals surface area contributed by atoms with Gasteiger partial charge in [0.05, 0.1) is 6.10 Å². The highest BCUT2D eigenvalue weighted by atomic mass is 16.6. The molecular formula is C9H15NO3. The molecule has 2 atom stereocenters. The number of amides is 1. The molecule has 0 aliphatic carbocycles.